The van der Waals surface area contributed by atoms with Gasteiger partial charge in [0.25, 0.3) is 0 Å². The molecular formula is C16H19FN4O2S. The topological polar surface area (TPSA) is 94.0 Å². The van der Waals surface area contributed by atoms with E-state index in [0.717, 1.165) is 0 Å². The highest BCUT2D eigenvalue weighted by atomic mass is 32.2. The summed E-state index contributed by atoms with van der Waals surface area (Å²) in [5.74, 6) is 0.559. The van der Waals surface area contributed by atoms with E-state index in [9.17, 15) is 13.7 Å². The van der Waals surface area contributed by atoms with Crippen LogP contribution < -0.4 is 5.73 Å². The van der Waals surface area contributed by atoms with Gasteiger partial charge in [-0.3, -0.25) is 4.21 Å². The number of nitrogens with two attached hydrogens (primary N) is 1. The molecule has 24 heavy (non-hydrogen) atoms. The van der Waals surface area contributed by atoms with E-state index >= 15 is 0 Å². The summed E-state index contributed by atoms with van der Waals surface area (Å²) in [5, 5.41) is 10.9. The molecule has 0 aliphatic heterocycles. The molecule has 0 fully saturated rings. The van der Waals surface area contributed by atoms with Crippen LogP contribution in [0.1, 0.15) is 19.7 Å². The number of benzene rings is 1. The van der Waals surface area contributed by atoms with Gasteiger partial charge in [0, 0.05) is 28.5 Å². The van der Waals surface area contributed by atoms with Crippen LogP contribution in [-0.4, -0.2) is 35.7 Å². The Kier molecular flexibility index (Phi) is 4.05. The average Bonchev–Trinajstić information content (AvgIpc) is 2.75. The summed E-state index contributed by atoms with van der Waals surface area (Å²) in [6, 6.07) is 4.28. The van der Waals surface area contributed by atoms with Crippen LogP contribution in [0.25, 0.3) is 21.9 Å². The number of nitrogen functional groups attached to an aromatic ring is 1. The first kappa shape index (κ1) is 16.8. The monoisotopic (exact) mass is 350 g/mol. The molecule has 0 saturated carbocycles. The van der Waals surface area contributed by atoms with Gasteiger partial charge in [0.1, 0.15) is 17.2 Å². The van der Waals surface area contributed by atoms with Crippen molar-refractivity contribution in [1.82, 2.24) is 14.5 Å². The van der Waals surface area contributed by atoms with Crippen molar-refractivity contribution in [2.24, 2.45) is 0 Å². The summed E-state index contributed by atoms with van der Waals surface area (Å²) in [7, 11) is -1.11. The van der Waals surface area contributed by atoms with Gasteiger partial charge in [0.15, 0.2) is 5.82 Å². The maximum absolute atomic E-state index is 13.5. The molecule has 1 atom stereocenters. The molecule has 3 aromatic rings. The number of halogens is 1. The quantitative estimate of drug-likeness (QED) is 0.750. The summed E-state index contributed by atoms with van der Waals surface area (Å²) >= 11 is 0. The zero-order valence-electron chi connectivity index (χ0n) is 13.7. The van der Waals surface area contributed by atoms with Crippen molar-refractivity contribution in [2.45, 2.75) is 31.7 Å². The SMILES string of the molecule is CS(=O)Cc1nc2c(N)nc3cc(F)ccc3c2n1CC(C)(C)O. The maximum Gasteiger partial charge on any atom is 0.152 e. The van der Waals surface area contributed by atoms with Crippen molar-refractivity contribution in [3.8, 4) is 0 Å². The highest BCUT2D eigenvalue weighted by molar-refractivity contribution is 7.83. The number of fused-ring (bicyclic) bond motifs is 3. The van der Waals surface area contributed by atoms with Crippen molar-refractivity contribution in [3.05, 3.63) is 29.8 Å². The minimum Gasteiger partial charge on any atom is -0.389 e. The van der Waals surface area contributed by atoms with Crippen LogP contribution in [0.4, 0.5) is 10.2 Å². The lowest BCUT2D eigenvalue weighted by Gasteiger charge is -2.20. The molecule has 8 heteroatoms. The molecule has 0 spiro atoms. The van der Waals surface area contributed by atoms with E-state index in [4.69, 9.17) is 5.73 Å². The van der Waals surface area contributed by atoms with E-state index in [1.54, 1.807) is 30.7 Å². The van der Waals surface area contributed by atoms with Crippen LogP contribution in [0.15, 0.2) is 18.2 Å². The van der Waals surface area contributed by atoms with Crippen LogP contribution in [0.5, 0.6) is 0 Å². The molecule has 0 aliphatic carbocycles. The van der Waals surface area contributed by atoms with Crippen LogP contribution in [0.3, 0.4) is 0 Å². The maximum atomic E-state index is 13.5. The molecule has 1 unspecified atom stereocenters. The molecular weight excluding hydrogens is 331 g/mol. The van der Waals surface area contributed by atoms with Crippen LogP contribution in [-0.2, 0) is 23.1 Å². The minimum absolute atomic E-state index is 0.181. The fraction of sp³-hybridized carbons (Fsp3) is 0.375. The van der Waals surface area contributed by atoms with Crippen molar-refractivity contribution in [1.29, 1.82) is 0 Å². The fourth-order valence-corrected chi connectivity index (χ4v) is 3.36. The number of aliphatic hydroxyl groups is 1. The predicted octanol–water partition coefficient (Wildman–Crippen LogP) is 1.96. The molecule has 0 saturated heterocycles. The normalized spacial score (nSPS) is 13.7. The van der Waals surface area contributed by atoms with Gasteiger partial charge in [-0.15, -0.1) is 0 Å². The number of nitrogens with zero attached hydrogens (tertiary/aromatic N) is 3. The van der Waals surface area contributed by atoms with E-state index in [2.05, 4.69) is 9.97 Å². The van der Waals surface area contributed by atoms with Gasteiger partial charge in [-0.2, -0.15) is 0 Å². The molecule has 6 nitrogen and oxygen atoms in total. The number of anilines is 1. The lowest BCUT2D eigenvalue weighted by molar-refractivity contribution is 0.0620. The van der Waals surface area contributed by atoms with E-state index in [0.29, 0.717) is 27.8 Å². The predicted molar refractivity (Wildman–Crippen MR) is 93.5 cm³/mol. The first-order chi connectivity index (χ1) is 11.2. The van der Waals surface area contributed by atoms with Gasteiger partial charge in [-0.1, -0.05) is 0 Å². The van der Waals surface area contributed by atoms with Gasteiger partial charge in [0.05, 0.1) is 28.9 Å². The summed E-state index contributed by atoms with van der Waals surface area (Å²) in [6.07, 6.45) is 1.59. The second kappa shape index (κ2) is 5.78. The largest absolute Gasteiger partial charge is 0.389 e. The van der Waals surface area contributed by atoms with Gasteiger partial charge in [-0.25, -0.2) is 14.4 Å². The molecule has 3 N–H and O–H groups in total. The summed E-state index contributed by atoms with van der Waals surface area (Å²) in [5.41, 5.74) is 6.55. The van der Waals surface area contributed by atoms with Crippen molar-refractivity contribution < 1.29 is 13.7 Å². The lowest BCUT2D eigenvalue weighted by atomic mass is 10.1. The Morgan fingerprint density at radius 2 is 2.08 bits per heavy atom. The number of pyridine rings is 1. The van der Waals surface area contributed by atoms with E-state index < -0.39 is 22.2 Å². The molecule has 3 rings (SSSR count). The number of hydrogen-bond donors (Lipinski definition) is 2. The molecule has 0 aliphatic rings. The van der Waals surface area contributed by atoms with E-state index in [1.807, 2.05) is 0 Å². The Bertz CT molecular complexity index is 962. The minimum atomic E-state index is -1.11. The van der Waals surface area contributed by atoms with Crippen LogP contribution in [0, 0.1) is 5.82 Å². The van der Waals surface area contributed by atoms with Crippen molar-refractivity contribution in [2.75, 3.05) is 12.0 Å². The second-order valence-electron chi connectivity index (χ2n) is 6.50. The molecule has 0 radical (unpaired) electrons. The van der Waals surface area contributed by atoms with Gasteiger partial charge < -0.3 is 15.4 Å². The Hall–Kier alpha value is -2.06. The fourth-order valence-electron chi connectivity index (χ4n) is 2.78. The Morgan fingerprint density at radius 1 is 1.38 bits per heavy atom. The summed E-state index contributed by atoms with van der Waals surface area (Å²) in [6.45, 7) is 3.60. The number of aromatic nitrogens is 3. The molecule has 128 valence electrons. The molecule has 0 amide bonds. The molecule has 2 heterocycles. The molecule has 1 aromatic carbocycles. The van der Waals surface area contributed by atoms with E-state index in [-0.39, 0.29) is 18.1 Å². The van der Waals surface area contributed by atoms with Crippen molar-refractivity contribution >= 4 is 38.6 Å². The third-order valence-electron chi connectivity index (χ3n) is 3.62. The summed E-state index contributed by atoms with van der Waals surface area (Å²) in [4.78, 5) is 8.70. The standard InChI is InChI=1S/C16H19FN4O2S/c1-16(2,22)8-21-12(7-24(3)23)20-13-14(21)10-5-4-9(17)6-11(10)19-15(13)18/h4-6,22H,7-8H2,1-3H3,(H2,18,19). The first-order valence-electron chi connectivity index (χ1n) is 7.42. The first-order valence-corrected chi connectivity index (χ1v) is 9.15. The Balaban J connectivity index is 2.40. The number of rotatable bonds is 4. The third kappa shape index (κ3) is 3.11. The summed E-state index contributed by atoms with van der Waals surface area (Å²) < 4.78 is 27.0. The number of imidazole rings is 1. The van der Waals surface area contributed by atoms with Gasteiger partial charge in [0.2, 0.25) is 0 Å². The zero-order chi connectivity index (χ0) is 17.6. The smallest absolute Gasteiger partial charge is 0.152 e. The zero-order valence-corrected chi connectivity index (χ0v) is 14.5. The average molecular weight is 350 g/mol. The highest BCUT2D eigenvalue weighted by Crippen LogP contribution is 2.30. The highest BCUT2D eigenvalue weighted by Gasteiger charge is 2.23. The third-order valence-corrected chi connectivity index (χ3v) is 4.29. The Labute approximate surface area is 141 Å². The van der Waals surface area contributed by atoms with Gasteiger partial charge in [-0.05, 0) is 26.0 Å². The second-order valence-corrected chi connectivity index (χ2v) is 7.93. The van der Waals surface area contributed by atoms with E-state index in [1.165, 1.54) is 12.1 Å². The molecule has 0 bridgehead atoms. The number of hydrogen-bond acceptors (Lipinski definition) is 5. The Morgan fingerprint density at radius 3 is 2.71 bits per heavy atom. The van der Waals surface area contributed by atoms with Crippen LogP contribution >= 0.6 is 0 Å². The lowest BCUT2D eigenvalue weighted by Crippen LogP contribution is -2.27. The van der Waals surface area contributed by atoms with Crippen molar-refractivity contribution in [3.63, 3.8) is 0 Å². The molecule has 2 aromatic heterocycles. The van der Waals surface area contributed by atoms with Gasteiger partial charge >= 0.3 is 0 Å². The van der Waals surface area contributed by atoms with Crippen LogP contribution in [0.2, 0.25) is 0 Å².